The quantitative estimate of drug-likeness (QED) is 0.630. The van der Waals surface area contributed by atoms with E-state index >= 15 is 0 Å². The highest BCUT2D eigenvalue weighted by Gasteiger charge is 2.06. The smallest absolute Gasteiger partial charge is 0.303 e. The number of nitrogens with two attached hydrogens (primary N) is 2. The molecule has 0 saturated heterocycles. The second-order valence-corrected chi connectivity index (χ2v) is 3.64. The lowest BCUT2D eigenvalue weighted by Crippen LogP contribution is -2.23. The first-order chi connectivity index (χ1) is 7.08. The number of nitrogen functional groups attached to an aromatic ring is 1. The molecule has 0 amide bonds. The SMILES string of the molecule is Nc1cccc(C[C@H](N)CCC(=O)O)c1. The van der Waals surface area contributed by atoms with Gasteiger partial charge in [0.05, 0.1) is 0 Å². The molecule has 15 heavy (non-hydrogen) atoms. The first-order valence-corrected chi connectivity index (χ1v) is 4.89. The van der Waals surface area contributed by atoms with Crippen molar-refractivity contribution in [1.82, 2.24) is 0 Å². The summed E-state index contributed by atoms with van der Waals surface area (Å²) < 4.78 is 0. The van der Waals surface area contributed by atoms with E-state index in [-0.39, 0.29) is 12.5 Å². The molecule has 0 spiro atoms. The molecule has 82 valence electrons. The summed E-state index contributed by atoms with van der Waals surface area (Å²) in [6.07, 6.45) is 1.27. The molecule has 0 aliphatic carbocycles. The monoisotopic (exact) mass is 208 g/mol. The van der Waals surface area contributed by atoms with Crippen molar-refractivity contribution >= 4 is 11.7 Å². The maximum Gasteiger partial charge on any atom is 0.303 e. The van der Waals surface area contributed by atoms with Gasteiger partial charge in [-0.15, -0.1) is 0 Å². The van der Waals surface area contributed by atoms with E-state index in [4.69, 9.17) is 16.6 Å². The van der Waals surface area contributed by atoms with Gasteiger partial charge in [-0.05, 0) is 30.5 Å². The van der Waals surface area contributed by atoms with Crippen LogP contribution in [0.3, 0.4) is 0 Å². The maximum absolute atomic E-state index is 10.3. The van der Waals surface area contributed by atoms with E-state index in [2.05, 4.69) is 0 Å². The van der Waals surface area contributed by atoms with Crippen molar-refractivity contribution < 1.29 is 9.90 Å². The maximum atomic E-state index is 10.3. The number of rotatable bonds is 5. The Kier molecular flexibility index (Phi) is 4.12. The van der Waals surface area contributed by atoms with Gasteiger partial charge in [-0.2, -0.15) is 0 Å². The Hall–Kier alpha value is -1.55. The van der Waals surface area contributed by atoms with E-state index in [0.29, 0.717) is 18.5 Å². The Labute approximate surface area is 88.9 Å². The zero-order chi connectivity index (χ0) is 11.3. The number of carboxylic acids is 1. The van der Waals surface area contributed by atoms with Crippen LogP contribution in [0.1, 0.15) is 18.4 Å². The number of hydrogen-bond acceptors (Lipinski definition) is 3. The molecule has 1 rings (SSSR count). The van der Waals surface area contributed by atoms with E-state index in [1.54, 1.807) is 0 Å². The van der Waals surface area contributed by atoms with Gasteiger partial charge in [-0.1, -0.05) is 12.1 Å². The summed E-state index contributed by atoms with van der Waals surface area (Å²) in [5, 5.41) is 8.50. The number of carbonyl (C=O) groups is 1. The minimum absolute atomic E-state index is 0.115. The minimum atomic E-state index is -0.807. The van der Waals surface area contributed by atoms with E-state index in [1.807, 2.05) is 24.3 Å². The fraction of sp³-hybridized carbons (Fsp3) is 0.364. The summed E-state index contributed by atoms with van der Waals surface area (Å²) in [7, 11) is 0. The summed E-state index contributed by atoms with van der Waals surface area (Å²) in [6.45, 7) is 0. The fourth-order valence-corrected chi connectivity index (χ4v) is 1.43. The lowest BCUT2D eigenvalue weighted by molar-refractivity contribution is -0.137. The summed E-state index contributed by atoms with van der Waals surface area (Å²) in [5.74, 6) is -0.807. The van der Waals surface area contributed by atoms with E-state index in [1.165, 1.54) is 0 Å². The molecule has 5 N–H and O–H groups in total. The lowest BCUT2D eigenvalue weighted by Gasteiger charge is -2.10. The fourth-order valence-electron chi connectivity index (χ4n) is 1.43. The average Bonchev–Trinajstić information content (AvgIpc) is 2.15. The van der Waals surface area contributed by atoms with Crippen molar-refractivity contribution in [2.45, 2.75) is 25.3 Å². The molecule has 4 nitrogen and oxygen atoms in total. The van der Waals surface area contributed by atoms with Crippen molar-refractivity contribution in [1.29, 1.82) is 0 Å². The van der Waals surface area contributed by atoms with E-state index < -0.39 is 5.97 Å². The molecular formula is C11H16N2O2. The number of benzene rings is 1. The number of carboxylic acid groups (broad SMARTS) is 1. The van der Waals surface area contributed by atoms with E-state index in [0.717, 1.165) is 5.56 Å². The Morgan fingerprint density at radius 2 is 2.20 bits per heavy atom. The van der Waals surface area contributed by atoms with Crippen LogP contribution in [0.25, 0.3) is 0 Å². The molecule has 0 radical (unpaired) electrons. The highest BCUT2D eigenvalue weighted by Crippen LogP contribution is 2.10. The van der Waals surface area contributed by atoms with Crippen LogP contribution in [0.4, 0.5) is 5.69 Å². The Balaban J connectivity index is 2.44. The first-order valence-electron chi connectivity index (χ1n) is 4.89. The molecule has 0 aliphatic rings. The third kappa shape index (κ3) is 4.46. The number of hydrogen-bond donors (Lipinski definition) is 3. The van der Waals surface area contributed by atoms with Crippen LogP contribution in [-0.4, -0.2) is 17.1 Å². The molecule has 0 saturated carbocycles. The Bertz CT molecular complexity index is 339. The predicted octanol–water partition coefficient (Wildman–Crippen LogP) is 1.00. The molecule has 1 atom stereocenters. The van der Waals surface area contributed by atoms with Gasteiger partial charge in [0.15, 0.2) is 0 Å². The van der Waals surface area contributed by atoms with Gasteiger partial charge >= 0.3 is 5.97 Å². The molecule has 0 aromatic heterocycles. The van der Waals surface area contributed by atoms with Gasteiger partial charge in [-0.25, -0.2) is 0 Å². The topological polar surface area (TPSA) is 89.3 Å². The number of aliphatic carboxylic acids is 1. The zero-order valence-corrected chi connectivity index (χ0v) is 8.52. The van der Waals surface area contributed by atoms with Crippen molar-refractivity contribution in [3.63, 3.8) is 0 Å². The molecule has 0 unspecified atom stereocenters. The van der Waals surface area contributed by atoms with Crippen LogP contribution in [0.5, 0.6) is 0 Å². The van der Waals surface area contributed by atoms with Crippen molar-refractivity contribution in [2.75, 3.05) is 5.73 Å². The van der Waals surface area contributed by atoms with Gasteiger partial charge < -0.3 is 16.6 Å². The molecule has 0 fully saturated rings. The predicted molar refractivity (Wildman–Crippen MR) is 59.4 cm³/mol. The van der Waals surface area contributed by atoms with Crippen molar-refractivity contribution in [2.24, 2.45) is 5.73 Å². The molecular weight excluding hydrogens is 192 g/mol. The number of anilines is 1. The largest absolute Gasteiger partial charge is 0.481 e. The average molecular weight is 208 g/mol. The van der Waals surface area contributed by atoms with Crippen LogP contribution in [0, 0.1) is 0 Å². The van der Waals surface area contributed by atoms with Crippen LogP contribution < -0.4 is 11.5 Å². The molecule has 0 bridgehead atoms. The summed E-state index contributed by atoms with van der Waals surface area (Å²) in [4.78, 5) is 10.3. The van der Waals surface area contributed by atoms with Gasteiger partial charge in [-0.3, -0.25) is 4.79 Å². The van der Waals surface area contributed by atoms with E-state index in [9.17, 15) is 4.79 Å². The van der Waals surface area contributed by atoms with Gasteiger partial charge in [0.25, 0.3) is 0 Å². The molecule has 4 heteroatoms. The third-order valence-corrected chi connectivity index (χ3v) is 2.18. The van der Waals surface area contributed by atoms with Gasteiger partial charge in [0, 0.05) is 18.2 Å². The summed E-state index contributed by atoms with van der Waals surface area (Å²) >= 11 is 0. The lowest BCUT2D eigenvalue weighted by atomic mass is 10.0. The minimum Gasteiger partial charge on any atom is -0.481 e. The van der Waals surface area contributed by atoms with Gasteiger partial charge in [0.2, 0.25) is 0 Å². The Morgan fingerprint density at radius 3 is 2.80 bits per heavy atom. The van der Waals surface area contributed by atoms with Crippen molar-refractivity contribution in [3.8, 4) is 0 Å². The van der Waals surface area contributed by atoms with Crippen LogP contribution in [0.15, 0.2) is 24.3 Å². The summed E-state index contributed by atoms with van der Waals surface area (Å²) in [6, 6.07) is 7.36. The second-order valence-electron chi connectivity index (χ2n) is 3.64. The highest BCUT2D eigenvalue weighted by molar-refractivity contribution is 5.66. The third-order valence-electron chi connectivity index (χ3n) is 2.18. The molecule has 1 aromatic rings. The van der Waals surface area contributed by atoms with Crippen LogP contribution >= 0.6 is 0 Å². The molecule has 1 aromatic carbocycles. The second kappa shape index (κ2) is 5.36. The summed E-state index contributed by atoms with van der Waals surface area (Å²) in [5.41, 5.74) is 13.2. The molecule has 0 aliphatic heterocycles. The first kappa shape index (κ1) is 11.5. The molecule has 0 heterocycles. The van der Waals surface area contributed by atoms with Gasteiger partial charge in [0.1, 0.15) is 0 Å². The normalized spacial score (nSPS) is 12.3. The highest BCUT2D eigenvalue weighted by atomic mass is 16.4. The standard InChI is InChI=1S/C11H16N2O2/c12-9-3-1-2-8(6-9)7-10(13)4-5-11(14)15/h1-3,6,10H,4-5,7,12-13H2,(H,14,15)/t10-/m1/s1. The van der Waals surface area contributed by atoms with Crippen LogP contribution in [0.2, 0.25) is 0 Å². The van der Waals surface area contributed by atoms with Crippen LogP contribution in [-0.2, 0) is 11.2 Å². The Morgan fingerprint density at radius 1 is 1.47 bits per heavy atom. The zero-order valence-electron chi connectivity index (χ0n) is 8.52. The van der Waals surface area contributed by atoms with Crippen molar-refractivity contribution in [3.05, 3.63) is 29.8 Å².